The summed E-state index contributed by atoms with van der Waals surface area (Å²) in [5, 5.41) is 12.6. The molecule has 1 atom stereocenters. The summed E-state index contributed by atoms with van der Waals surface area (Å²) in [6.45, 7) is 3.78. The number of rotatable bonds is 1. The number of aliphatic hydroxyl groups excluding tert-OH is 1. The Morgan fingerprint density at radius 3 is 3.15 bits per heavy atom. The minimum Gasteiger partial charge on any atom is -0.391 e. The number of thiazole rings is 1. The first kappa shape index (κ1) is 8.97. The molecule has 0 aromatic carbocycles. The molecule has 0 saturated carbocycles. The van der Waals surface area contributed by atoms with E-state index < -0.39 is 0 Å². The van der Waals surface area contributed by atoms with Crippen molar-refractivity contribution in [1.82, 2.24) is 4.98 Å². The molecule has 0 radical (unpaired) electrons. The van der Waals surface area contributed by atoms with Crippen molar-refractivity contribution in [2.45, 2.75) is 25.9 Å². The molecule has 1 fully saturated rings. The van der Waals surface area contributed by atoms with Gasteiger partial charge in [0.25, 0.3) is 0 Å². The van der Waals surface area contributed by atoms with Gasteiger partial charge < -0.3 is 10.0 Å². The lowest BCUT2D eigenvalue weighted by atomic mass is 10.1. The molecule has 13 heavy (non-hydrogen) atoms. The summed E-state index contributed by atoms with van der Waals surface area (Å²) in [5.41, 5.74) is 1.07. The highest BCUT2D eigenvalue weighted by atomic mass is 32.1. The molecule has 0 spiro atoms. The third-order valence-corrected chi connectivity index (χ3v) is 3.29. The van der Waals surface area contributed by atoms with Crippen LogP contribution in [0.1, 0.15) is 18.5 Å². The van der Waals surface area contributed by atoms with Gasteiger partial charge in [-0.2, -0.15) is 0 Å². The Kier molecular flexibility index (Phi) is 2.51. The number of hydrogen-bond donors (Lipinski definition) is 1. The topological polar surface area (TPSA) is 36.4 Å². The van der Waals surface area contributed by atoms with Crippen LogP contribution in [0.25, 0.3) is 0 Å². The van der Waals surface area contributed by atoms with E-state index in [0.29, 0.717) is 0 Å². The normalized spacial score (nSPS) is 23.5. The number of anilines is 1. The summed E-state index contributed by atoms with van der Waals surface area (Å²) < 4.78 is 0. The molecule has 1 aromatic heterocycles. The van der Waals surface area contributed by atoms with E-state index in [9.17, 15) is 5.11 Å². The van der Waals surface area contributed by atoms with Crippen LogP contribution in [0.2, 0.25) is 0 Å². The van der Waals surface area contributed by atoms with E-state index in [2.05, 4.69) is 15.3 Å². The zero-order valence-corrected chi connectivity index (χ0v) is 8.55. The van der Waals surface area contributed by atoms with E-state index in [1.807, 2.05) is 6.92 Å². The number of β-amino-alcohol motifs (C(OH)–C–C–N with tert-alkyl or cyclic N) is 1. The number of aromatic nitrogens is 1. The molecule has 1 saturated heterocycles. The third kappa shape index (κ3) is 2.00. The van der Waals surface area contributed by atoms with E-state index in [4.69, 9.17) is 0 Å². The molecule has 72 valence electrons. The SMILES string of the molecule is Cc1csc(N2CCC[C@H](O)C2)n1. The second-order valence-electron chi connectivity index (χ2n) is 3.51. The van der Waals surface area contributed by atoms with E-state index in [-0.39, 0.29) is 6.10 Å². The molecule has 1 aliphatic rings. The number of piperidine rings is 1. The van der Waals surface area contributed by atoms with Crippen LogP contribution in [-0.4, -0.2) is 29.3 Å². The van der Waals surface area contributed by atoms with Gasteiger partial charge in [-0.1, -0.05) is 0 Å². The van der Waals surface area contributed by atoms with E-state index in [1.54, 1.807) is 11.3 Å². The molecule has 3 nitrogen and oxygen atoms in total. The van der Waals surface area contributed by atoms with Crippen molar-refractivity contribution in [2.24, 2.45) is 0 Å². The van der Waals surface area contributed by atoms with Gasteiger partial charge in [-0.15, -0.1) is 11.3 Å². The van der Waals surface area contributed by atoms with Crippen LogP contribution in [0.5, 0.6) is 0 Å². The Hall–Kier alpha value is -0.610. The average molecular weight is 198 g/mol. The summed E-state index contributed by atoms with van der Waals surface area (Å²) in [4.78, 5) is 6.57. The minimum absolute atomic E-state index is 0.169. The number of hydrogen-bond acceptors (Lipinski definition) is 4. The van der Waals surface area contributed by atoms with E-state index in [0.717, 1.165) is 36.8 Å². The summed E-state index contributed by atoms with van der Waals surface area (Å²) in [6.07, 6.45) is 1.83. The van der Waals surface area contributed by atoms with E-state index >= 15 is 0 Å². The molecule has 4 heteroatoms. The molecule has 0 bridgehead atoms. The van der Waals surface area contributed by atoms with Crippen molar-refractivity contribution in [3.05, 3.63) is 11.1 Å². The molecule has 1 N–H and O–H groups in total. The van der Waals surface area contributed by atoms with Crippen molar-refractivity contribution in [3.8, 4) is 0 Å². The number of aryl methyl sites for hydroxylation is 1. The van der Waals surface area contributed by atoms with Crippen LogP contribution in [0.15, 0.2) is 5.38 Å². The van der Waals surface area contributed by atoms with Crippen LogP contribution < -0.4 is 4.90 Å². The summed E-state index contributed by atoms with van der Waals surface area (Å²) >= 11 is 1.66. The molecule has 1 aromatic rings. The highest BCUT2D eigenvalue weighted by molar-refractivity contribution is 7.13. The molecule has 2 heterocycles. The summed E-state index contributed by atoms with van der Waals surface area (Å²) in [5.74, 6) is 0. The maximum Gasteiger partial charge on any atom is 0.185 e. The summed E-state index contributed by atoms with van der Waals surface area (Å²) in [6, 6.07) is 0. The zero-order valence-electron chi connectivity index (χ0n) is 7.73. The van der Waals surface area contributed by atoms with Gasteiger partial charge in [0, 0.05) is 18.5 Å². The van der Waals surface area contributed by atoms with Gasteiger partial charge >= 0.3 is 0 Å². The van der Waals surface area contributed by atoms with Crippen molar-refractivity contribution >= 4 is 16.5 Å². The quantitative estimate of drug-likeness (QED) is 0.741. The lowest BCUT2D eigenvalue weighted by Gasteiger charge is -2.29. The van der Waals surface area contributed by atoms with Gasteiger partial charge in [-0.25, -0.2) is 4.98 Å². The Labute approximate surface area is 82.0 Å². The van der Waals surface area contributed by atoms with E-state index in [1.165, 1.54) is 0 Å². The first-order valence-electron chi connectivity index (χ1n) is 4.61. The van der Waals surface area contributed by atoms with Crippen LogP contribution in [0, 0.1) is 6.92 Å². The Bertz CT molecular complexity index is 287. The smallest absolute Gasteiger partial charge is 0.185 e. The van der Waals surface area contributed by atoms with Crippen molar-refractivity contribution in [3.63, 3.8) is 0 Å². The molecule has 0 amide bonds. The molecule has 0 unspecified atom stereocenters. The molecule has 1 aliphatic heterocycles. The lowest BCUT2D eigenvalue weighted by molar-refractivity contribution is 0.154. The highest BCUT2D eigenvalue weighted by Crippen LogP contribution is 2.23. The van der Waals surface area contributed by atoms with Gasteiger partial charge in [0.05, 0.1) is 11.8 Å². The Morgan fingerprint density at radius 1 is 1.69 bits per heavy atom. The monoisotopic (exact) mass is 198 g/mol. The molecular weight excluding hydrogens is 184 g/mol. The predicted molar refractivity (Wildman–Crippen MR) is 54.3 cm³/mol. The molecular formula is C9H14N2OS. The number of nitrogens with zero attached hydrogens (tertiary/aromatic N) is 2. The second-order valence-corrected chi connectivity index (χ2v) is 4.35. The van der Waals surface area contributed by atoms with Crippen molar-refractivity contribution in [2.75, 3.05) is 18.0 Å². The second kappa shape index (κ2) is 3.64. The van der Waals surface area contributed by atoms with Crippen molar-refractivity contribution < 1.29 is 5.11 Å². The van der Waals surface area contributed by atoms with Crippen molar-refractivity contribution in [1.29, 1.82) is 0 Å². The largest absolute Gasteiger partial charge is 0.391 e. The summed E-state index contributed by atoms with van der Waals surface area (Å²) in [7, 11) is 0. The fourth-order valence-corrected chi connectivity index (χ4v) is 2.46. The zero-order chi connectivity index (χ0) is 9.26. The number of aliphatic hydroxyl groups is 1. The van der Waals surface area contributed by atoms with Crippen LogP contribution in [-0.2, 0) is 0 Å². The maximum atomic E-state index is 9.48. The van der Waals surface area contributed by atoms with Gasteiger partial charge in [-0.05, 0) is 19.8 Å². The fraction of sp³-hybridized carbons (Fsp3) is 0.667. The Balaban J connectivity index is 2.08. The first-order chi connectivity index (χ1) is 6.25. The molecule has 0 aliphatic carbocycles. The van der Waals surface area contributed by atoms with Gasteiger partial charge in [0.15, 0.2) is 5.13 Å². The fourth-order valence-electron chi connectivity index (χ4n) is 1.62. The van der Waals surface area contributed by atoms with Crippen LogP contribution >= 0.6 is 11.3 Å². The van der Waals surface area contributed by atoms with Crippen LogP contribution in [0.3, 0.4) is 0 Å². The highest BCUT2D eigenvalue weighted by Gasteiger charge is 2.19. The predicted octanol–water partition coefficient (Wildman–Crippen LogP) is 1.41. The standard InChI is InChI=1S/C9H14N2OS/c1-7-6-13-9(10-7)11-4-2-3-8(12)5-11/h6,8,12H,2-5H2,1H3/t8-/m0/s1. The Morgan fingerprint density at radius 2 is 2.54 bits per heavy atom. The third-order valence-electron chi connectivity index (χ3n) is 2.27. The molecule has 2 rings (SSSR count). The van der Waals surface area contributed by atoms with Gasteiger partial charge in [0.2, 0.25) is 0 Å². The van der Waals surface area contributed by atoms with Gasteiger partial charge in [-0.3, -0.25) is 0 Å². The maximum absolute atomic E-state index is 9.48. The van der Waals surface area contributed by atoms with Crippen LogP contribution in [0.4, 0.5) is 5.13 Å². The first-order valence-corrected chi connectivity index (χ1v) is 5.49. The van der Waals surface area contributed by atoms with Gasteiger partial charge in [0.1, 0.15) is 0 Å². The lowest BCUT2D eigenvalue weighted by Crippen LogP contribution is -2.38. The average Bonchev–Trinajstić information content (AvgIpc) is 2.52. The minimum atomic E-state index is -0.169.